The van der Waals surface area contributed by atoms with Crippen LogP contribution in [0.1, 0.15) is 21.5 Å². The zero-order valence-electron chi connectivity index (χ0n) is 10.8. The van der Waals surface area contributed by atoms with Crippen molar-refractivity contribution in [1.82, 2.24) is 0 Å². The number of halogens is 3. The van der Waals surface area contributed by atoms with E-state index < -0.39 is 17.7 Å². The molecule has 21 heavy (non-hydrogen) atoms. The first-order valence-corrected chi connectivity index (χ1v) is 6.09. The number of carboxylic acids is 1. The Balaban J connectivity index is 2.04. The Hall–Kier alpha value is -2.50. The van der Waals surface area contributed by atoms with Gasteiger partial charge in [0, 0.05) is 12.2 Å². The van der Waals surface area contributed by atoms with Gasteiger partial charge in [-0.05, 0) is 42.0 Å². The van der Waals surface area contributed by atoms with Gasteiger partial charge in [-0.2, -0.15) is 13.2 Å². The van der Waals surface area contributed by atoms with Crippen molar-refractivity contribution in [3.63, 3.8) is 0 Å². The lowest BCUT2D eigenvalue weighted by molar-refractivity contribution is -0.137. The van der Waals surface area contributed by atoms with Crippen molar-refractivity contribution in [2.45, 2.75) is 12.7 Å². The van der Waals surface area contributed by atoms with E-state index in [1.54, 1.807) is 18.2 Å². The van der Waals surface area contributed by atoms with Crippen LogP contribution in [0.25, 0.3) is 0 Å². The molecule has 0 heterocycles. The second kappa shape index (κ2) is 5.87. The molecule has 0 spiro atoms. The van der Waals surface area contributed by atoms with Crippen LogP contribution in [0.15, 0.2) is 48.5 Å². The summed E-state index contributed by atoms with van der Waals surface area (Å²) in [7, 11) is 0. The van der Waals surface area contributed by atoms with Gasteiger partial charge in [-0.15, -0.1) is 0 Å². The minimum Gasteiger partial charge on any atom is -0.478 e. The number of nitrogens with one attached hydrogen (secondary N) is 1. The molecule has 6 heteroatoms. The molecule has 0 aliphatic rings. The van der Waals surface area contributed by atoms with Crippen LogP contribution in [0.4, 0.5) is 18.9 Å². The summed E-state index contributed by atoms with van der Waals surface area (Å²) in [6.45, 7) is 0.219. The molecule has 2 N–H and O–H groups in total. The molecule has 110 valence electrons. The molecule has 3 nitrogen and oxygen atoms in total. The molecule has 0 unspecified atom stereocenters. The molecule has 0 aliphatic heterocycles. The van der Waals surface area contributed by atoms with Crippen molar-refractivity contribution in [3.8, 4) is 0 Å². The Morgan fingerprint density at radius 1 is 1.10 bits per heavy atom. The van der Waals surface area contributed by atoms with Crippen LogP contribution in [0.5, 0.6) is 0 Å². The number of aromatic carboxylic acids is 1. The highest BCUT2D eigenvalue weighted by atomic mass is 19.4. The Bertz CT molecular complexity index is 636. The highest BCUT2D eigenvalue weighted by Crippen LogP contribution is 2.29. The molecule has 0 saturated heterocycles. The Morgan fingerprint density at radius 2 is 1.76 bits per heavy atom. The standard InChI is InChI=1S/C15H12F3NO2/c16-15(17,18)12-3-1-2-10(8-12)9-19-13-6-4-11(5-7-13)14(20)21/h1-8,19H,9H2,(H,20,21). The summed E-state index contributed by atoms with van der Waals surface area (Å²) in [5.74, 6) is -1.03. The molecule has 0 saturated carbocycles. The molecule has 0 aliphatic carbocycles. The summed E-state index contributed by atoms with van der Waals surface area (Å²) in [5, 5.41) is 11.7. The Kier molecular flexibility index (Phi) is 4.16. The molecule has 0 fully saturated rings. The number of carbonyl (C=O) groups is 1. The van der Waals surface area contributed by atoms with Gasteiger partial charge in [-0.1, -0.05) is 12.1 Å². The van der Waals surface area contributed by atoms with Gasteiger partial charge in [0.2, 0.25) is 0 Å². The van der Waals surface area contributed by atoms with Gasteiger partial charge < -0.3 is 10.4 Å². The third-order valence-electron chi connectivity index (χ3n) is 2.88. The zero-order valence-corrected chi connectivity index (χ0v) is 10.8. The molecular weight excluding hydrogens is 283 g/mol. The summed E-state index contributed by atoms with van der Waals surface area (Å²) in [4.78, 5) is 10.7. The zero-order chi connectivity index (χ0) is 15.5. The topological polar surface area (TPSA) is 49.3 Å². The lowest BCUT2D eigenvalue weighted by Crippen LogP contribution is -2.07. The van der Waals surface area contributed by atoms with Gasteiger partial charge in [-0.25, -0.2) is 4.79 Å². The lowest BCUT2D eigenvalue weighted by atomic mass is 10.1. The minimum atomic E-state index is -4.36. The van der Waals surface area contributed by atoms with Crippen molar-refractivity contribution in [1.29, 1.82) is 0 Å². The minimum absolute atomic E-state index is 0.152. The third-order valence-corrected chi connectivity index (χ3v) is 2.88. The summed E-state index contributed by atoms with van der Waals surface area (Å²) in [6, 6.07) is 11.0. The average Bonchev–Trinajstić information content (AvgIpc) is 2.45. The molecule has 0 amide bonds. The van der Waals surface area contributed by atoms with E-state index in [4.69, 9.17) is 5.11 Å². The summed E-state index contributed by atoms with van der Waals surface area (Å²) >= 11 is 0. The maximum atomic E-state index is 12.6. The number of alkyl halides is 3. The Morgan fingerprint density at radius 3 is 2.33 bits per heavy atom. The van der Waals surface area contributed by atoms with Crippen LogP contribution in [0, 0.1) is 0 Å². The fourth-order valence-electron chi connectivity index (χ4n) is 1.79. The summed E-state index contributed by atoms with van der Waals surface area (Å²) < 4.78 is 37.7. The second-order valence-electron chi connectivity index (χ2n) is 4.43. The van der Waals surface area contributed by atoms with Gasteiger partial charge in [0.05, 0.1) is 11.1 Å². The number of carboxylic acid groups (broad SMARTS) is 1. The number of hydrogen-bond donors (Lipinski definition) is 2. The van der Waals surface area contributed by atoms with Crippen LogP contribution in [0.2, 0.25) is 0 Å². The van der Waals surface area contributed by atoms with Gasteiger partial charge in [0.25, 0.3) is 0 Å². The van der Waals surface area contributed by atoms with Crippen molar-refractivity contribution >= 4 is 11.7 Å². The van der Waals surface area contributed by atoms with Crippen molar-refractivity contribution < 1.29 is 23.1 Å². The first kappa shape index (κ1) is 14.9. The molecule has 0 aromatic heterocycles. The molecular formula is C15H12F3NO2. The largest absolute Gasteiger partial charge is 0.478 e. The first-order chi connectivity index (χ1) is 9.86. The first-order valence-electron chi connectivity index (χ1n) is 6.09. The number of anilines is 1. The SMILES string of the molecule is O=C(O)c1ccc(NCc2cccc(C(F)(F)F)c2)cc1. The molecule has 2 aromatic carbocycles. The van der Waals surface area contributed by atoms with E-state index in [0.717, 1.165) is 12.1 Å². The fraction of sp³-hybridized carbons (Fsp3) is 0.133. The second-order valence-corrected chi connectivity index (χ2v) is 4.43. The number of benzene rings is 2. The maximum Gasteiger partial charge on any atom is 0.416 e. The molecule has 0 radical (unpaired) electrons. The summed E-state index contributed by atoms with van der Waals surface area (Å²) in [5.41, 5.74) is 0.590. The average molecular weight is 295 g/mol. The van der Waals surface area contributed by atoms with Crippen LogP contribution in [-0.2, 0) is 12.7 Å². The predicted molar refractivity (Wildman–Crippen MR) is 72.2 cm³/mol. The van der Waals surface area contributed by atoms with Crippen molar-refractivity contribution in [2.75, 3.05) is 5.32 Å². The van der Waals surface area contributed by atoms with E-state index in [1.165, 1.54) is 18.2 Å². The fourth-order valence-corrected chi connectivity index (χ4v) is 1.79. The van der Waals surface area contributed by atoms with Crippen LogP contribution >= 0.6 is 0 Å². The van der Waals surface area contributed by atoms with Gasteiger partial charge in [0.1, 0.15) is 0 Å². The van der Waals surface area contributed by atoms with E-state index in [0.29, 0.717) is 11.3 Å². The van der Waals surface area contributed by atoms with Crippen LogP contribution < -0.4 is 5.32 Å². The summed E-state index contributed by atoms with van der Waals surface area (Å²) in [6.07, 6.45) is -4.36. The monoisotopic (exact) mass is 295 g/mol. The van der Waals surface area contributed by atoms with E-state index in [-0.39, 0.29) is 12.1 Å². The van der Waals surface area contributed by atoms with E-state index in [2.05, 4.69) is 5.32 Å². The molecule has 0 bridgehead atoms. The van der Waals surface area contributed by atoms with Crippen molar-refractivity contribution in [3.05, 3.63) is 65.2 Å². The molecule has 0 atom stereocenters. The normalized spacial score (nSPS) is 11.2. The third kappa shape index (κ3) is 3.98. The quantitative estimate of drug-likeness (QED) is 0.895. The van der Waals surface area contributed by atoms with Crippen LogP contribution in [0.3, 0.4) is 0 Å². The highest BCUT2D eigenvalue weighted by Gasteiger charge is 2.30. The van der Waals surface area contributed by atoms with Gasteiger partial charge in [0.15, 0.2) is 0 Å². The number of hydrogen-bond acceptors (Lipinski definition) is 2. The van der Waals surface area contributed by atoms with Crippen LogP contribution in [-0.4, -0.2) is 11.1 Å². The Labute approximate surface area is 119 Å². The predicted octanol–water partition coefficient (Wildman–Crippen LogP) is 4.02. The van der Waals surface area contributed by atoms with Gasteiger partial charge >= 0.3 is 12.1 Å². The van der Waals surface area contributed by atoms with E-state index in [9.17, 15) is 18.0 Å². The van der Waals surface area contributed by atoms with Crippen molar-refractivity contribution in [2.24, 2.45) is 0 Å². The smallest absolute Gasteiger partial charge is 0.416 e. The van der Waals surface area contributed by atoms with E-state index >= 15 is 0 Å². The van der Waals surface area contributed by atoms with Gasteiger partial charge in [-0.3, -0.25) is 0 Å². The number of rotatable bonds is 4. The lowest BCUT2D eigenvalue weighted by Gasteiger charge is -2.10. The molecule has 2 rings (SSSR count). The molecule has 2 aromatic rings. The van der Waals surface area contributed by atoms with E-state index in [1.807, 2.05) is 0 Å². The maximum absolute atomic E-state index is 12.6. The highest BCUT2D eigenvalue weighted by molar-refractivity contribution is 5.87.